The Morgan fingerprint density at radius 2 is 1.19 bits per heavy atom. The maximum atomic E-state index is 12.9. The van der Waals surface area contributed by atoms with Crippen molar-refractivity contribution in [1.29, 1.82) is 0 Å². The summed E-state index contributed by atoms with van der Waals surface area (Å²) in [7, 11) is 0. The molecule has 0 radical (unpaired) electrons. The fourth-order valence-corrected chi connectivity index (χ4v) is 0.882. The van der Waals surface area contributed by atoms with E-state index >= 15 is 0 Å². The van der Waals surface area contributed by atoms with Crippen LogP contribution in [0, 0.1) is 0 Å². The summed E-state index contributed by atoms with van der Waals surface area (Å²) in [6.45, 7) is -2.39. The van der Waals surface area contributed by atoms with Gasteiger partial charge in [0.25, 0.3) is 0 Å². The Hall–Kier alpha value is 0.360. The maximum Gasteiger partial charge on any atom is 0.439 e. The summed E-state index contributed by atoms with van der Waals surface area (Å²) in [6, 6.07) is 0. The van der Waals surface area contributed by atoms with Crippen LogP contribution in [0.2, 0.25) is 0 Å². The van der Waals surface area contributed by atoms with Gasteiger partial charge in [-0.1, -0.05) is 0 Å². The summed E-state index contributed by atoms with van der Waals surface area (Å²) < 4.78 is 90.0. The molecule has 0 rings (SSSR count). The molecular formula is C5H2Br2F8O. The largest absolute Gasteiger partial charge is 0.439 e. The Morgan fingerprint density at radius 1 is 0.812 bits per heavy atom. The molecule has 0 saturated carbocycles. The first-order valence-electron chi connectivity index (χ1n) is 3.24. The molecule has 0 aliphatic carbocycles. The Balaban J connectivity index is 4.79. The molecule has 16 heavy (non-hydrogen) atoms. The number of rotatable bonds is 3. The summed E-state index contributed by atoms with van der Waals surface area (Å²) in [5, 5.41) is 0. The van der Waals surface area contributed by atoms with E-state index in [0.717, 1.165) is 0 Å². The molecule has 0 fully saturated rings. The van der Waals surface area contributed by atoms with Gasteiger partial charge in [0, 0.05) is 0 Å². The van der Waals surface area contributed by atoms with Crippen molar-refractivity contribution < 1.29 is 39.9 Å². The van der Waals surface area contributed by atoms with E-state index in [9.17, 15) is 35.1 Å². The topological polar surface area (TPSA) is 9.23 Å². The van der Waals surface area contributed by atoms with E-state index in [1.165, 1.54) is 31.9 Å². The second kappa shape index (κ2) is 4.56. The van der Waals surface area contributed by atoms with Crippen LogP contribution in [0.1, 0.15) is 0 Å². The van der Waals surface area contributed by atoms with Gasteiger partial charge in [0.1, 0.15) is 6.61 Å². The van der Waals surface area contributed by atoms with Gasteiger partial charge in [-0.3, -0.25) is 0 Å². The van der Waals surface area contributed by atoms with Gasteiger partial charge in [-0.05, 0) is 31.9 Å². The number of ether oxygens (including phenoxy) is 1. The molecule has 0 N–H and O–H groups in total. The van der Waals surface area contributed by atoms with Crippen LogP contribution in [0.3, 0.4) is 0 Å². The average Bonchev–Trinajstić information content (AvgIpc) is 1.97. The van der Waals surface area contributed by atoms with Crippen molar-refractivity contribution in [2.45, 2.75) is 21.7 Å². The molecule has 0 aromatic heterocycles. The lowest BCUT2D eigenvalue weighted by Crippen LogP contribution is -2.51. The standard InChI is InChI=1S/C5H2Br2F8O/c6-3(11,5(13,14)15)4(7,12)16-1-2(8,9)10/h1H2/t3-,4+/m1/s1. The minimum atomic E-state index is -5.81. The minimum absolute atomic E-state index is 1.29. The van der Waals surface area contributed by atoms with Crippen LogP contribution >= 0.6 is 31.9 Å². The molecule has 0 amide bonds. The fourth-order valence-electron chi connectivity index (χ4n) is 0.428. The van der Waals surface area contributed by atoms with E-state index in [1.807, 2.05) is 0 Å². The molecule has 11 heteroatoms. The van der Waals surface area contributed by atoms with Gasteiger partial charge in [0.15, 0.2) is 0 Å². The second-order valence-corrected chi connectivity index (χ2v) is 4.61. The molecule has 0 aromatic rings. The van der Waals surface area contributed by atoms with E-state index in [1.54, 1.807) is 0 Å². The van der Waals surface area contributed by atoms with Crippen LogP contribution in [-0.4, -0.2) is 28.3 Å². The zero-order valence-corrected chi connectivity index (χ0v) is 10.1. The number of halogens is 10. The fraction of sp³-hybridized carbons (Fsp3) is 1.00. The number of alkyl halides is 10. The number of hydrogen-bond acceptors (Lipinski definition) is 1. The summed E-state index contributed by atoms with van der Waals surface area (Å²) in [5.74, 6) is 0. The Kier molecular flexibility index (Phi) is 4.66. The van der Waals surface area contributed by atoms with Crippen LogP contribution in [0.5, 0.6) is 0 Å². The predicted octanol–water partition coefficient (Wildman–Crippen LogP) is 4.21. The van der Waals surface area contributed by atoms with Crippen LogP contribution in [0.4, 0.5) is 35.1 Å². The van der Waals surface area contributed by atoms with Crippen molar-refractivity contribution in [2.24, 2.45) is 0 Å². The highest BCUT2D eigenvalue weighted by Gasteiger charge is 2.69. The molecule has 1 nitrogen and oxygen atoms in total. The molecule has 0 unspecified atom stereocenters. The van der Waals surface area contributed by atoms with E-state index in [0.29, 0.717) is 0 Å². The molecule has 0 aliphatic heterocycles. The van der Waals surface area contributed by atoms with Crippen LogP contribution in [-0.2, 0) is 4.74 Å². The molecule has 0 bridgehead atoms. The first-order valence-corrected chi connectivity index (χ1v) is 4.82. The van der Waals surface area contributed by atoms with E-state index in [4.69, 9.17) is 0 Å². The monoisotopic (exact) mass is 388 g/mol. The smallest absolute Gasteiger partial charge is 0.324 e. The molecule has 0 spiro atoms. The molecule has 0 aromatic carbocycles. The minimum Gasteiger partial charge on any atom is -0.324 e. The van der Waals surface area contributed by atoms with Gasteiger partial charge >= 0.3 is 21.7 Å². The molecular weight excluding hydrogens is 388 g/mol. The Bertz CT molecular complexity index is 244. The predicted molar refractivity (Wildman–Crippen MR) is 43.6 cm³/mol. The lowest BCUT2D eigenvalue weighted by atomic mass is 10.4. The molecule has 0 aliphatic rings. The zero-order valence-electron chi connectivity index (χ0n) is 6.89. The first-order chi connectivity index (χ1) is 6.71. The van der Waals surface area contributed by atoms with Crippen molar-refractivity contribution in [3.8, 4) is 0 Å². The first kappa shape index (κ1) is 16.4. The van der Waals surface area contributed by atoms with Gasteiger partial charge in [0.05, 0.1) is 0 Å². The highest BCUT2D eigenvalue weighted by Crippen LogP contribution is 2.52. The third-order valence-corrected chi connectivity index (χ3v) is 3.41. The van der Waals surface area contributed by atoms with Gasteiger partial charge in [0.2, 0.25) is 0 Å². The second-order valence-electron chi connectivity index (χ2n) is 2.49. The Labute approximate surface area is 100 Å². The SMILES string of the molecule is FC(F)(F)CO[C@](F)(Br)[C@](F)(Br)C(F)(F)F. The molecule has 98 valence electrons. The summed E-state index contributed by atoms with van der Waals surface area (Å²) in [5.41, 5.74) is 0. The van der Waals surface area contributed by atoms with Gasteiger partial charge in [-0.2, -0.15) is 30.7 Å². The van der Waals surface area contributed by atoms with E-state index < -0.39 is 28.3 Å². The molecule has 2 atom stereocenters. The summed E-state index contributed by atoms with van der Waals surface area (Å²) >= 11 is 2.75. The molecule has 0 heterocycles. The van der Waals surface area contributed by atoms with Crippen LogP contribution in [0.15, 0.2) is 0 Å². The third-order valence-electron chi connectivity index (χ3n) is 1.14. The van der Waals surface area contributed by atoms with Crippen molar-refractivity contribution in [1.82, 2.24) is 0 Å². The van der Waals surface area contributed by atoms with Crippen molar-refractivity contribution in [3.63, 3.8) is 0 Å². The normalized spacial score (nSPS) is 21.4. The van der Waals surface area contributed by atoms with Crippen LogP contribution < -0.4 is 0 Å². The third kappa shape index (κ3) is 3.99. The van der Waals surface area contributed by atoms with Crippen molar-refractivity contribution in [2.75, 3.05) is 6.61 Å². The van der Waals surface area contributed by atoms with Crippen molar-refractivity contribution >= 4 is 31.9 Å². The van der Waals surface area contributed by atoms with E-state index in [2.05, 4.69) is 4.74 Å². The highest BCUT2D eigenvalue weighted by atomic mass is 79.9. The number of hydrogen-bond donors (Lipinski definition) is 0. The lowest BCUT2D eigenvalue weighted by molar-refractivity contribution is -0.281. The quantitative estimate of drug-likeness (QED) is 0.519. The average molecular weight is 390 g/mol. The van der Waals surface area contributed by atoms with Gasteiger partial charge < -0.3 is 4.74 Å². The van der Waals surface area contributed by atoms with Crippen molar-refractivity contribution in [3.05, 3.63) is 0 Å². The van der Waals surface area contributed by atoms with Gasteiger partial charge in [-0.25, -0.2) is 4.39 Å². The van der Waals surface area contributed by atoms with Gasteiger partial charge in [-0.15, -0.1) is 0 Å². The molecule has 0 saturated heterocycles. The van der Waals surface area contributed by atoms with Crippen LogP contribution in [0.25, 0.3) is 0 Å². The highest BCUT2D eigenvalue weighted by molar-refractivity contribution is 9.12. The summed E-state index contributed by atoms with van der Waals surface area (Å²) in [4.78, 5) is 0. The maximum absolute atomic E-state index is 12.9. The van der Waals surface area contributed by atoms with E-state index in [-0.39, 0.29) is 0 Å². The zero-order chi connectivity index (χ0) is 13.4. The lowest BCUT2D eigenvalue weighted by Gasteiger charge is -2.31. The Morgan fingerprint density at radius 3 is 1.44 bits per heavy atom. The summed E-state index contributed by atoms with van der Waals surface area (Å²) in [6.07, 6.45) is -10.9.